The van der Waals surface area contributed by atoms with Gasteiger partial charge in [-0.3, -0.25) is 19.6 Å². The maximum absolute atomic E-state index is 12.9. The van der Waals surface area contributed by atoms with Crippen LogP contribution in [0.15, 0.2) is 47.4 Å². The van der Waals surface area contributed by atoms with Gasteiger partial charge >= 0.3 is 0 Å². The number of nitrogens with one attached hydrogen (secondary N) is 1. The standard InChI is InChI=1S/C19H21N3O6S/c1-28-18-9-8-16(13-17(18)19(23)21-10-3-2-4-11-21)29(26,27)20-14-6-5-7-15(12-14)22(24)25/h5-9,12-13,20H,2-4,10-11H2,1H3. The Kier molecular flexibility index (Phi) is 6.02. The fraction of sp³-hybridized carbons (Fsp3) is 0.316. The highest BCUT2D eigenvalue weighted by molar-refractivity contribution is 7.92. The summed E-state index contributed by atoms with van der Waals surface area (Å²) in [5, 5.41) is 10.9. The van der Waals surface area contributed by atoms with E-state index in [4.69, 9.17) is 4.74 Å². The van der Waals surface area contributed by atoms with Crippen LogP contribution in [-0.4, -0.2) is 44.3 Å². The zero-order chi connectivity index (χ0) is 21.0. The molecule has 1 saturated heterocycles. The van der Waals surface area contributed by atoms with E-state index in [2.05, 4.69) is 4.72 Å². The van der Waals surface area contributed by atoms with Gasteiger partial charge in [0.15, 0.2) is 0 Å². The number of ether oxygens (including phenoxy) is 1. The van der Waals surface area contributed by atoms with Gasteiger partial charge in [0.25, 0.3) is 21.6 Å². The minimum absolute atomic E-state index is 0.0546. The number of nitro benzene ring substituents is 1. The molecule has 0 unspecified atom stereocenters. The zero-order valence-corrected chi connectivity index (χ0v) is 16.6. The molecule has 0 atom stereocenters. The van der Waals surface area contributed by atoms with Crippen LogP contribution < -0.4 is 9.46 Å². The Balaban J connectivity index is 1.92. The molecule has 0 spiro atoms. The van der Waals surface area contributed by atoms with Crippen LogP contribution in [0.1, 0.15) is 29.6 Å². The van der Waals surface area contributed by atoms with Crippen molar-refractivity contribution in [1.29, 1.82) is 0 Å². The molecule has 1 heterocycles. The number of anilines is 1. The highest BCUT2D eigenvalue weighted by Crippen LogP contribution is 2.27. The number of amides is 1. The van der Waals surface area contributed by atoms with Crippen LogP contribution in [0.5, 0.6) is 5.75 Å². The molecule has 1 aliphatic heterocycles. The van der Waals surface area contributed by atoms with E-state index in [0.717, 1.165) is 25.3 Å². The number of carbonyl (C=O) groups excluding carboxylic acids is 1. The molecule has 0 aromatic heterocycles. The smallest absolute Gasteiger partial charge is 0.271 e. The second-order valence-electron chi connectivity index (χ2n) is 6.63. The van der Waals surface area contributed by atoms with Gasteiger partial charge in [0, 0.05) is 25.2 Å². The maximum atomic E-state index is 12.9. The molecular weight excluding hydrogens is 398 g/mol. The summed E-state index contributed by atoms with van der Waals surface area (Å²) in [6.45, 7) is 1.23. The van der Waals surface area contributed by atoms with Crippen LogP contribution in [-0.2, 0) is 10.0 Å². The third-order valence-corrected chi connectivity index (χ3v) is 6.04. The molecular formula is C19H21N3O6S. The van der Waals surface area contributed by atoms with Gasteiger partial charge in [-0.05, 0) is 43.5 Å². The molecule has 0 bridgehead atoms. The van der Waals surface area contributed by atoms with Crippen molar-refractivity contribution >= 4 is 27.3 Å². The summed E-state index contributed by atoms with van der Waals surface area (Å²) in [4.78, 5) is 24.7. The SMILES string of the molecule is COc1ccc(S(=O)(=O)Nc2cccc([N+](=O)[O-])c2)cc1C(=O)N1CCCCC1. The largest absolute Gasteiger partial charge is 0.496 e. The summed E-state index contributed by atoms with van der Waals surface area (Å²) < 4.78 is 33.1. The number of hydrogen-bond acceptors (Lipinski definition) is 6. The average molecular weight is 419 g/mol. The van der Waals surface area contributed by atoms with Crippen LogP contribution in [0, 0.1) is 10.1 Å². The Morgan fingerprint density at radius 2 is 1.86 bits per heavy atom. The molecule has 0 aliphatic carbocycles. The number of sulfonamides is 1. The van der Waals surface area contributed by atoms with Crippen molar-refractivity contribution in [3.05, 3.63) is 58.1 Å². The lowest BCUT2D eigenvalue weighted by Gasteiger charge is -2.27. The molecule has 9 nitrogen and oxygen atoms in total. The van der Waals surface area contributed by atoms with Crippen molar-refractivity contribution in [3.8, 4) is 5.75 Å². The average Bonchev–Trinajstić information content (AvgIpc) is 2.73. The van der Waals surface area contributed by atoms with E-state index >= 15 is 0 Å². The summed E-state index contributed by atoms with van der Waals surface area (Å²) in [7, 11) is -2.65. The summed E-state index contributed by atoms with van der Waals surface area (Å²) in [6.07, 6.45) is 2.86. The Hall–Kier alpha value is -3.14. The quantitative estimate of drug-likeness (QED) is 0.568. The number of non-ortho nitro benzene ring substituents is 1. The van der Waals surface area contributed by atoms with Crippen molar-refractivity contribution in [1.82, 2.24) is 4.90 Å². The zero-order valence-electron chi connectivity index (χ0n) is 15.8. The number of likely N-dealkylation sites (tertiary alicyclic amines) is 1. The van der Waals surface area contributed by atoms with Gasteiger partial charge in [-0.15, -0.1) is 0 Å². The predicted molar refractivity (Wildman–Crippen MR) is 107 cm³/mol. The van der Waals surface area contributed by atoms with Gasteiger partial charge in [0.2, 0.25) is 0 Å². The Morgan fingerprint density at radius 1 is 1.14 bits per heavy atom. The lowest BCUT2D eigenvalue weighted by Crippen LogP contribution is -2.35. The van der Waals surface area contributed by atoms with Gasteiger partial charge in [-0.25, -0.2) is 8.42 Å². The fourth-order valence-electron chi connectivity index (χ4n) is 3.19. The second-order valence-corrected chi connectivity index (χ2v) is 8.31. The molecule has 1 fully saturated rings. The van der Waals surface area contributed by atoms with E-state index in [1.807, 2.05) is 0 Å². The number of carbonyl (C=O) groups is 1. The molecule has 0 saturated carbocycles. The summed E-state index contributed by atoms with van der Waals surface area (Å²) >= 11 is 0. The number of piperidine rings is 1. The first-order valence-electron chi connectivity index (χ1n) is 9.06. The van der Waals surface area contributed by atoms with Crippen LogP contribution in [0.3, 0.4) is 0 Å². The summed E-state index contributed by atoms with van der Waals surface area (Å²) in [5.41, 5.74) is -0.0175. The Morgan fingerprint density at radius 3 is 2.52 bits per heavy atom. The van der Waals surface area contributed by atoms with Gasteiger partial charge in [-0.2, -0.15) is 0 Å². The molecule has 2 aromatic carbocycles. The number of rotatable bonds is 6. The molecule has 2 aromatic rings. The second kappa shape index (κ2) is 8.48. The lowest BCUT2D eigenvalue weighted by molar-refractivity contribution is -0.384. The number of nitrogens with zero attached hydrogens (tertiary/aromatic N) is 2. The Labute approximate surface area is 168 Å². The highest BCUT2D eigenvalue weighted by atomic mass is 32.2. The lowest BCUT2D eigenvalue weighted by atomic mass is 10.1. The minimum Gasteiger partial charge on any atom is -0.496 e. The third-order valence-electron chi connectivity index (χ3n) is 4.66. The number of nitro groups is 1. The van der Waals surface area contributed by atoms with Crippen molar-refractivity contribution in [2.75, 3.05) is 24.9 Å². The number of benzene rings is 2. The number of hydrogen-bond donors (Lipinski definition) is 1. The minimum atomic E-state index is -4.07. The maximum Gasteiger partial charge on any atom is 0.271 e. The van der Waals surface area contributed by atoms with E-state index in [0.29, 0.717) is 13.1 Å². The van der Waals surface area contributed by atoms with E-state index < -0.39 is 14.9 Å². The molecule has 154 valence electrons. The van der Waals surface area contributed by atoms with Gasteiger partial charge in [0.05, 0.1) is 28.2 Å². The van der Waals surface area contributed by atoms with Crippen molar-refractivity contribution < 1.29 is 22.9 Å². The molecule has 0 radical (unpaired) electrons. The molecule has 1 N–H and O–H groups in total. The topological polar surface area (TPSA) is 119 Å². The number of methoxy groups -OCH3 is 1. The normalized spacial score (nSPS) is 14.3. The van der Waals surface area contributed by atoms with Gasteiger partial charge in [-0.1, -0.05) is 6.07 Å². The predicted octanol–water partition coefficient (Wildman–Crippen LogP) is 3.03. The summed E-state index contributed by atoms with van der Waals surface area (Å²) in [6, 6.07) is 9.21. The van der Waals surface area contributed by atoms with Crippen LogP contribution in [0.4, 0.5) is 11.4 Å². The van der Waals surface area contributed by atoms with E-state index in [1.165, 1.54) is 43.5 Å². The molecule has 3 rings (SSSR count). The first kappa shape index (κ1) is 20.6. The van der Waals surface area contributed by atoms with E-state index in [-0.39, 0.29) is 33.5 Å². The van der Waals surface area contributed by atoms with Crippen LogP contribution in [0.25, 0.3) is 0 Å². The van der Waals surface area contributed by atoms with Gasteiger partial charge in [0.1, 0.15) is 5.75 Å². The first-order chi connectivity index (χ1) is 13.8. The third kappa shape index (κ3) is 4.65. The summed E-state index contributed by atoms with van der Waals surface area (Å²) in [5.74, 6) is 0.00354. The molecule has 10 heteroatoms. The van der Waals surface area contributed by atoms with Crippen molar-refractivity contribution in [3.63, 3.8) is 0 Å². The Bertz CT molecular complexity index is 1030. The van der Waals surface area contributed by atoms with Crippen LogP contribution in [0.2, 0.25) is 0 Å². The van der Waals surface area contributed by atoms with E-state index in [9.17, 15) is 23.3 Å². The van der Waals surface area contributed by atoms with E-state index in [1.54, 1.807) is 4.90 Å². The molecule has 1 amide bonds. The van der Waals surface area contributed by atoms with Crippen molar-refractivity contribution in [2.45, 2.75) is 24.2 Å². The molecule has 1 aliphatic rings. The van der Waals surface area contributed by atoms with Crippen molar-refractivity contribution in [2.24, 2.45) is 0 Å². The van der Waals surface area contributed by atoms with Crippen LogP contribution >= 0.6 is 0 Å². The highest BCUT2D eigenvalue weighted by Gasteiger charge is 2.24. The van der Waals surface area contributed by atoms with Gasteiger partial charge < -0.3 is 9.64 Å². The first-order valence-corrected chi connectivity index (χ1v) is 10.5. The molecule has 29 heavy (non-hydrogen) atoms. The fourth-order valence-corrected chi connectivity index (χ4v) is 4.26. The monoisotopic (exact) mass is 419 g/mol.